The molecule has 3 rings (SSSR count). The van der Waals surface area contributed by atoms with E-state index in [2.05, 4.69) is 10.9 Å². The van der Waals surface area contributed by atoms with Gasteiger partial charge in [-0.1, -0.05) is 0 Å². The van der Waals surface area contributed by atoms with Crippen molar-refractivity contribution in [2.24, 2.45) is 5.92 Å². The van der Waals surface area contributed by atoms with Gasteiger partial charge >= 0.3 is 6.09 Å². The van der Waals surface area contributed by atoms with Crippen LogP contribution in [0.15, 0.2) is 6.07 Å². The maximum atomic E-state index is 12.4. The highest BCUT2D eigenvalue weighted by atomic mass is 32.1. The summed E-state index contributed by atoms with van der Waals surface area (Å²) in [4.78, 5) is 39.9. The lowest BCUT2D eigenvalue weighted by molar-refractivity contribution is -0.127. The average molecular weight is 379 g/mol. The molecule has 0 bridgehead atoms. The van der Waals surface area contributed by atoms with E-state index in [-0.39, 0.29) is 17.7 Å². The molecule has 26 heavy (non-hydrogen) atoms. The van der Waals surface area contributed by atoms with Gasteiger partial charge in [-0.3, -0.25) is 20.4 Å². The van der Waals surface area contributed by atoms with Crippen LogP contribution in [0.1, 0.15) is 52.7 Å². The Morgan fingerprint density at radius 1 is 1.23 bits per heavy atom. The molecule has 1 aliphatic carbocycles. The molecule has 2 heterocycles. The summed E-state index contributed by atoms with van der Waals surface area (Å²) in [7, 11) is 0. The third-order valence-electron chi connectivity index (χ3n) is 4.84. The fourth-order valence-electron chi connectivity index (χ4n) is 3.46. The summed E-state index contributed by atoms with van der Waals surface area (Å²) in [6.45, 7) is 2.97. The lowest BCUT2D eigenvalue weighted by atomic mass is 9.98. The molecule has 8 heteroatoms. The van der Waals surface area contributed by atoms with Gasteiger partial charge in [0.1, 0.15) is 0 Å². The normalized spacial score (nSPS) is 19.4. The van der Waals surface area contributed by atoms with Gasteiger partial charge in [-0.05, 0) is 57.1 Å². The Labute approximate surface area is 157 Å². The van der Waals surface area contributed by atoms with Gasteiger partial charge < -0.3 is 9.64 Å². The number of fused-ring (bicyclic) bond motifs is 1. The predicted octanol–water partition coefficient (Wildman–Crippen LogP) is 2.26. The van der Waals surface area contributed by atoms with Crippen molar-refractivity contribution in [1.82, 2.24) is 15.8 Å². The highest BCUT2D eigenvalue weighted by Crippen LogP contribution is 2.29. The molecule has 0 radical (unpaired) electrons. The monoisotopic (exact) mass is 379 g/mol. The van der Waals surface area contributed by atoms with Crippen LogP contribution in [-0.4, -0.2) is 42.5 Å². The van der Waals surface area contributed by atoms with Gasteiger partial charge in [0, 0.05) is 18.0 Å². The standard InChI is InChI=1S/C18H25N3O4S/c1-2-25-18(24)21-9-5-7-13(11-21)16(22)19-20-17(23)15-10-12-6-3-4-8-14(12)26-15/h10,13H,2-9,11H2,1H3,(H,19,22)(H,20,23)/t13-/m0/s1. The number of likely N-dealkylation sites (tertiary alicyclic amines) is 1. The van der Waals surface area contributed by atoms with Crippen LogP contribution in [0, 0.1) is 5.92 Å². The number of rotatable bonds is 3. The largest absolute Gasteiger partial charge is 0.450 e. The number of nitrogens with zero attached hydrogens (tertiary/aromatic N) is 1. The molecule has 0 saturated carbocycles. The van der Waals surface area contributed by atoms with E-state index >= 15 is 0 Å². The molecule has 142 valence electrons. The number of hydrogen-bond donors (Lipinski definition) is 2. The fraction of sp³-hybridized carbons (Fsp3) is 0.611. The Morgan fingerprint density at radius 2 is 2.04 bits per heavy atom. The number of piperidine rings is 1. The van der Waals surface area contributed by atoms with Crippen molar-refractivity contribution < 1.29 is 19.1 Å². The maximum Gasteiger partial charge on any atom is 0.409 e. The summed E-state index contributed by atoms with van der Waals surface area (Å²) in [5, 5.41) is 0. The first-order valence-electron chi connectivity index (χ1n) is 9.22. The van der Waals surface area contributed by atoms with Crippen LogP contribution in [-0.2, 0) is 22.4 Å². The molecule has 7 nitrogen and oxygen atoms in total. The van der Waals surface area contributed by atoms with E-state index in [0.29, 0.717) is 31.0 Å². The zero-order chi connectivity index (χ0) is 18.5. The van der Waals surface area contributed by atoms with Crippen molar-refractivity contribution in [2.75, 3.05) is 19.7 Å². The lowest BCUT2D eigenvalue weighted by Gasteiger charge is -2.31. The van der Waals surface area contributed by atoms with Crippen molar-refractivity contribution in [3.63, 3.8) is 0 Å². The van der Waals surface area contributed by atoms with E-state index < -0.39 is 6.09 Å². The molecule has 1 fully saturated rings. The Hall–Kier alpha value is -2.09. The average Bonchev–Trinajstić information content (AvgIpc) is 3.10. The van der Waals surface area contributed by atoms with Crippen LogP contribution in [0.3, 0.4) is 0 Å². The smallest absolute Gasteiger partial charge is 0.409 e. The predicted molar refractivity (Wildman–Crippen MR) is 97.9 cm³/mol. The number of hydrogen-bond acceptors (Lipinski definition) is 5. The first-order chi connectivity index (χ1) is 12.6. The van der Waals surface area contributed by atoms with Gasteiger partial charge in [-0.2, -0.15) is 0 Å². The fourth-order valence-corrected chi connectivity index (χ4v) is 4.61. The number of aryl methyl sites for hydroxylation is 2. The summed E-state index contributed by atoms with van der Waals surface area (Å²) in [5.41, 5.74) is 6.28. The van der Waals surface area contributed by atoms with Crippen LogP contribution in [0.2, 0.25) is 0 Å². The van der Waals surface area contributed by atoms with Crippen molar-refractivity contribution in [1.29, 1.82) is 0 Å². The second kappa shape index (κ2) is 8.53. The first-order valence-corrected chi connectivity index (χ1v) is 10.0. The molecule has 1 atom stereocenters. The molecular weight excluding hydrogens is 354 g/mol. The molecule has 0 unspecified atom stereocenters. The van der Waals surface area contributed by atoms with Crippen LogP contribution < -0.4 is 10.9 Å². The molecule has 0 spiro atoms. The second-order valence-corrected chi connectivity index (χ2v) is 7.83. The highest BCUT2D eigenvalue weighted by Gasteiger charge is 2.29. The van der Waals surface area contributed by atoms with Crippen molar-refractivity contribution in [2.45, 2.75) is 45.4 Å². The van der Waals surface area contributed by atoms with Gasteiger partial charge in [-0.25, -0.2) is 4.79 Å². The van der Waals surface area contributed by atoms with E-state index in [1.807, 2.05) is 6.07 Å². The van der Waals surface area contributed by atoms with Crippen LogP contribution in [0.5, 0.6) is 0 Å². The molecule has 3 amide bonds. The minimum atomic E-state index is -0.391. The van der Waals surface area contributed by atoms with Gasteiger partial charge in [-0.15, -0.1) is 11.3 Å². The van der Waals surface area contributed by atoms with Crippen molar-refractivity contribution in [3.8, 4) is 0 Å². The molecule has 2 aliphatic rings. The molecule has 1 aromatic rings. The van der Waals surface area contributed by atoms with Gasteiger partial charge in [0.05, 0.1) is 17.4 Å². The number of hydrazine groups is 1. The number of carbonyl (C=O) groups excluding carboxylic acids is 3. The second-order valence-electron chi connectivity index (χ2n) is 6.69. The quantitative estimate of drug-likeness (QED) is 0.789. The van der Waals surface area contributed by atoms with Crippen LogP contribution >= 0.6 is 11.3 Å². The summed E-state index contributed by atoms with van der Waals surface area (Å²) in [5.74, 6) is -0.894. The summed E-state index contributed by atoms with van der Waals surface area (Å²) in [6, 6.07) is 1.93. The minimum absolute atomic E-state index is 0.270. The third kappa shape index (κ3) is 4.35. The molecule has 2 N–H and O–H groups in total. The van der Waals surface area contributed by atoms with Crippen molar-refractivity contribution in [3.05, 3.63) is 21.4 Å². The van der Waals surface area contributed by atoms with Crippen LogP contribution in [0.4, 0.5) is 4.79 Å². The Kier molecular flexibility index (Phi) is 6.13. The first kappa shape index (κ1) is 18.7. The SMILES string of the molecule is CCOC(=O)N1CCC[C@H](C(=O)NNC(=O)c2cc3c(s2)CCCC3)C1. The molecule has 1 saturated heterocycles. The molecule has 1 aliphatic heterocycles. The highest BCUT2D eigenvalue weighted by molar-refractivity contribution is 7.14. The van der Waals surface area contributed by atoms with E-state index in [1.54, 1.807) is 11.8 Å². The summed E-state index contributed by atoms with van der Waals surface area (Å²) < 4.78 is 4.99. The van der Waals surface area contributed by atoms with E-state index in [4.69, 9.17) is 4.74 Å². The van der Waals surface area contributed by atoms with Gasteiger partial charge in [0.15, 0.2) is 0 Å². The summed E-state index contributed by atoms with van der Waals surface area (Å²) in [6.07, 6.45) is 5.43. The van der Waals surface area contributed by atoms with E-state index in [1.165, 1.54) is 34.6 Å². The van der Waals surface area contributed by atoms with Crippen LogP contribution in [0.25, 0.3) is 0 Å². The van der Waals surface area contributed by atoms with E-state index in [9.17, 15) is 14.4 Å². The zero-order valence-electron chi connectivity index (χ0n) is 15.0. The van der Waals surface area contributed by atoms with Crippen molar-refractivity contribution >= 4 is 29.2 Å². The topological polar surface area (TPSA) is 87.7 Å². The number of thiophene rings is 1. The zero-order valence-corrected chi connectivity index (χ0v) is 15.8. The number of amides is 3. The summed E-state index contributed by atoms with van der Waals surface area (Å²) >= 11 is 1.51. The maximum absolute atomic E-state index is 12.4. The Bertz CT molecular complexity index is 664. The Balaban J connectivity index is 1.50. The van der Waals surface area contributed by atoms with E-state index in [0.717, 1.165) is 19.3 Å². The molecular formula is C18H25N3O4S. The Morgan fingerprint density at radius 3 is 2.81 bits per heavy atom. The third-order valence-corrected chi connectivity index (χ3v) is 6.07. The lowest BCUT2D eigenvalue weighted by Crippen LogP contribution is -2.50. The molecule has 1 aromatic heterocycles. The number of nitrogens with one attached hydrogen (secondary N) is 2. The minimum Gasteiger partial charge on any atom is -0.450 e. The molecule has 0 aromatic carbocycles. The number of ether oxygens (including phenoxy) is 1. The number of carbonyl (C=O) groups is 3. The van der Waals surface area contributed by atoms with Gasteiger partial charge in [0.2, 0.25) is 5.91 Å². The van der Waals surface area contributed by atoms with Gasteiger partial charge in [0.25, 0.3) is 5.91 Å².